The summed E-state index contributed by atoms with van der Waals surface area (Å²) in [6.07, 6.45) is 2.54. The molecule has 2 heterocycles. The van der Waals surface area contributed by atoms with E-state index < -0.39 is 10.0 Å². The fourth-order valence-corrected chi connectivity index (χ4v) is 3.79. The van der Waals surface area contributed by atoms with E-state index in [0.29, 0.717) is 30.4 Å². The van der Waals surface area contributed by atoms with Gasteiger partial charge in [0.2, 0.25) is 10.0 Å². The fourth-order valence-electron chi connectivity index (χ4n) is 2.19. The molecule has 0 aliphatic carbocycles. The molecule has 2 rings (SSSR count). The van der Waals surface area contributed by atoms with Gasteiger partial charge in [-0.2, -0.15) is 4.31 Å². The summed E-state index contributed by atoms with van der Waals surface area (Å²) < 4.78 is 26.3. The summed E-state index contributed by atoms with van der Waals surface area (Å²) >= 11 is 0. The molecule has 0 spiro atoms. The van der Waals surface area contributed by atoms with Crippen molar-refractivity contribution < 1.29 is 8.42 Å². The molecule has 0 saturated carbocycles. The molecule has 0 aromatic carbocycles. The van der Waals surface area contributed by atoms with Crippen LogP contribution in [0.1, 0.15) is 26.0 Å². The average molecular weight is 271 g/mol. The Kier molecular flexibility index (Phi) is 4.09. The molecule has 2 N–H and O–H groups in total. The summed E-state index contributed by atoms with van der Waals surface area (Å²) in [4.78, 5) is 3.39. The van der Waals surface area contributed by atoms with Gasteiger partial charge in [0.05, 0.1) is 4.90 Å². The average Bonchev–Trinajstić information content (AvgIpc) is 2.95. The summed E-state index contributed by atoms with van der Waals surface area (Å²) in [6.45, 7) is 6.91. The van der Waals surface area contributed by atoms with Gasteiger partial charge in [-0.05, 0) is 24.9 Å². The van der Waals surface area contributed by atoms with Gasteiger partial charge in [-0.15, -0.1) is 0 Å². The van der Waals surface area contributed by atoms with Crippen molar-refractivity contribution in [3.8, 4) is 0 Å². The molecule has 1 saturated heterocycles. The number of nitrogens with zero attached hydrogens (tertiary/aromatic N) is 1. The predicted octanol–water partition coefficient (Wildman–Crippen LogP) is 1.15. The SMILES string of the molecule is CCNCc1cc(S(=O)(=O)N2CCC(C)C2)c[nH]1. The number of aromatic nitrogens is 1. The summed E-state index contributed by atoms with van der Waals surface area (Å²) in [7, 11) is -3.30. The van der Waals surface area contributed by atoms with Crippen LogP contribution < -0.4 is 5.32 Å². The zero-order valence-electron chi connectivity index (χ0n) is 10.9. The maximum absolute atomic E-state index is 12.4. The van der Waals surface area contributed by atoms with Gasteiger partial charge in [-0.3, -0.25) is 0 Å². The lowest BCUT2D eigenvalue weighted by molar-refractivity contribution is 0.464. The van der Waals surface area contributed by atoms with Crippen LogP contribution in [0.5, 0.6) is 0 Å². The van der Waals surface area contributed by atoms with E-state index >= 15 is 0 Å². The smallest absolute Gasteiger partial charge is 0.244 e. The Balaban J connectivity index is 2.12. The number of rotatable bonds is 5. The Labute approximate surface area is 109 Å². The standard InChI is InChI=1S/C12H21N3O2S/c1-3-13-7-11-6-12(8-14-11)18(16,17)15-5-4-10(2)9-15/h6,8,10,13-14H,3-5,7,9H2,1-2H3. The van der Waals surface area contributed by atoms with Crippen LogP contribution in [0.3, 0.4) is 0 Å². The van der Waals surface area contributed by atoms with E-state index in [1.165, 1.54) is 0 Å². The lowest BCUT2D eigenvalue weighted by atomic mass is 10.2. The normalized spacial score (nSPS) is 21.6. The zero-order valence-corrected chi connectivity index (χ0v) is 11.8. The molecule has 0 amide bonds. The highest BCUT2D eigenvalue weighted by molar-refractivity contribution is 7.89. The second-order valence-electron chi connectivity index (χ2n) is 4.90. The van der Waals surface area contributed by atoms with Gasteiger partial charge in [0, 0.05) is 31.5 Å². The first kappa shape index (κ1) is 13.6. The van der Waals surface area contributed by atoms with Gasteiger partial charge in [-0.25, -0.2) is 8.42 Å². The molecule has 1 fully saturated rings. The van der Waals surface area contributed by atoms with Gasteiger partial charge >= 0.3 is 0 Å². The minimum absolute atomic E-state index is 0.379. The van der Waals surface area contributed by atoms with Crippen LogP contribution in [-0.4, -0.2) is 37.3 Å². The summed E-state index contributed by atoms with van der Waals surface area (Å²) in [5.74, 6) is 0.458. The summed E-state index contributed by atoms with van der Waals surface area (Å²) in [5, 5.41) is 3.17. The van der Waals surface area contributed by atoms with E-state index in [2.05, 4.69) is 17.2 Å². The Morgan fingerprint density at radius 1 is 1.56 bits per heavy atom. The van der Waals surface area contributed by atoms with Crippen LogP contribution in [0.2, 0.25) is 0 Å². The Morgan fingerprint density at radius 3 is 2.94 bits per heavy atom. The van der Waals surface area contributed by atoms with Crippen LogP contribution in [0, 0.1) is 5.92 Å². The number of sulfonamides is 1. The number of nitrogens with one attached hydrogen (secondary N) is 2. The minimum Gasteiger partial charge on any atom is -0.363 e. The van der Waals surface area contributed by atoms with E-state index in [9.17, 15) is 8.42 Å². The van der Waals surface area contributed by atoms with Crippen molar-refractivity contribution in [1.29, 1.82) is 0 Å². The van der Waals surface area contributed by atoms with Crippen molar-refractivity contribution >= 4 is 10.0 Å². The molecule has 102 valence electrons. The van der Waals surface area contributed by atoms with Crippen molar-refractivity contribution in [1.82, 2.24) is 14.6 Å². The monoisotopic (exact) mass is 271 g/mol. The molecule has 6 heteroatoms. The third kappa shape index (κ3) is 2.76. The molecule has 0 bridgehead atoms. The third-order valence-corrected chi connectivity index (χ3v) is 5.15. The van der Waals surface area contributed by atoms with Crippen LogP contribution >= 0.6 is 0 Å². The lowest BCUT2D eigenvalue weighted by Crippen LogP contribution is -2.28. The van der Waals surface area contributed by atoms with Crippen molar-refractivity contribution in [3.05, 3.63) is 18.0 Å². The van der Waals surface area contributed by atoms with Crippen molar-refractivity contribution in [2.24, 2.45) is 5.92 Å². The molecule has 1 aliphatic heterocycles. The maximum atomic E-state index is 12.4. The molecule has 1 atom stereocenters. The lowest BCUT2D eigenvalue weighted by Gasteiger charge is -2.14. The first-order valence-corrected chi connectivity index (χ1v) is 7.86. The van der Waals surface area contributed by atoms with Crippen LogP contribution in [0.4, 0.5) is 0 Å². The molecule has 5 nitrogen and oxygen atoms in total. The van der Waals surface area contributed by atoms with Crippen molar-refractivity contribution in [3.63, 3.8) is 0 Å². The Hall–Kier alpha value is -0.850. The number of hydrogen-bond donors (Lipinski definition) is 2. The Morgan fingerprint density at radius 2 is 2.33 bits per heavy atom. The van der Waals surface area contributed by atoms with Crippen LogP contribution in [0.15, 0.2) is 17.2 Å². The zero-order chi connectivity index (χ0) is 13.2. The first-order valence-electron chi connectivity index (χ1n) is 6.42. The second-order valence-corrected chi connectivity index (χ2v) is 6.84. The molecule has 1 unspecified atom stereocenters. The first-order chi connectivity index (χ1) is 8.54. The predicted molar refractivity (Wildman–Crippen MR) is 70.7 cm³/mol. The summed E-state index contributed by atoms with van der Waals surface area (Å²) in [6, 6.07) is 1.72. The molecule has 18 heavy (non-hydrogen) atoms. The quantitative estimate of drug-likeness (QED) is 0.844. The van der Waals surface area contributed by atoms with Gasteiger partial charge in [-0.1, -0.05) is 13.8 Å². The van der Waals surface area contributed by atoms with E-state index in [-0.39, 0.29) is 0 Å². The van der Waals surface area contributed by atoms with Gasteiger partial charge in [0.25, 0.3) is 0 Å². The maximum Gasteiger partial charge on any atom is 0.244 e. The largest absolute Gasteiger partial charge is 0.363 e. The summed E-state index contributed by atoms with van der Waals surface area (Å²) in [5.41, 5.74) is 0.905. The second kappa shape index (κ2) is 5.42. The van der Waals surface area contributed by atoms with Crippen LogP contribution in [0.25, 0.3) is 0 Å². The van der Waals surface area contributed by atoms with E-state index in [4.69, 9.17) is 0 Å². The third-order valence-electron chi connectivity index (χ3n) is 3.31. The van der Waals surface area contributed by atoms with Gasteiger partial charge < -0.3 is 10.3 Å². The van der Waals surface area contributed by atoms with Crippen molar-refractivity contribution in [2.75, 3.05) is 19.6 Å². The van der Waals surface area contributed by atoms with Crippen molar-refractivity contribution in [2.45, 2.75) is 31.7 Å². The number of H-pyrrole nitrogens is 1. The van der Waals surface area contributed by atoms with Gasteiger partial charge in [0.15, 0.2) is 0 Å². The molecule has 1 aromatic heterocycles. The highest BCUT2D eigenvalue weighted by Gasteiger charge is 2.31. The number of hydrogen-bond acceptors (Lipinski definition) is 3. The fraction of sp³-hybridized carbons (Fsp3) is 0.667. The highest BCUT2D eigenvalue weighted by Crippen LogP contribution is 2.24. The van der Waals surface area contributed by atoms with Gasteiger partial charge in [0.1, 0.15) is 0 Å². The molecular weight excluding hydrogens is 250 g/mol. The minimum atomic E-state index is -3.30. The molecule has 1 aromatic rings. The van der Waals surface area contributed by atoms with E-state index in [1.54, 1.807) is 16.6 Å². The van der Waals surface area contributed by atoms with Crippen LogP contribution in [-0.2, 0) is 16.6 Å². The number of aromatic amines is 1. The van der Waals surface area contributed by atoms with E-state index in [1.807, 2.05) is 6.92 Å². The Bertz CT molecular complexity index is 495. The highest BCUT2D eigenvalue weighted by atomic mass is 32.2. The van der Waals surface area contributed by atoms with E-state index in [0.717, 1.165) is 18.7 Å². The molecule has 1 aliphatic rings. The molecule has 0 radical (unpaired) electrons. The topological polar surface area (TPSA) is 65.2 Å². The molecular formula is C12H21N3O2S.